The van der Waals surface area contributed by atoms with E-state index in [0.717, 1.165) is 12.2 Å². The number of ether oxygens (including phenoxy) is 2. The summed E-state index contributed by atoms with van der Waals surface area (Å²) in [5.41, 5.74) is 0. The van der Waals surface area contributed by atoms with E-state index in [4.69, 9.17) is 26.8 Å². The summed E-state index contributed by atoms with van der Waals surface area (Å²) < 4.78 is 43.7. The summed E-state index contributed by atoms with van der Waals surface area (Å²) in [7, 11) is -1.62. The number of piperazine rings is 1. The van der Waals surface area contributed by atoms with Crippen LogP contribution in [-0.4, -0.2) is 71.4 Å². The van der Waals surface area contributed by atoms with Crippen LogP contribution in [0.1, 0.15) is 31.0 Å². The highest BCUT2D eigenvalue weighted by molar-refractivity contribution is 7.89. The third-order valence-electron chi connectivity index (χ3n) is 6.04. The number of hydrogen-bond donors (Lipinski definition) is 0. The first-order chi connectivity index (χ1) is 14.9. The number of benzene rings is 1. The maximum atomic E-state index is 13.2. The van der Waals surface area contributed by atoms with Crippen LogP contribution in [0.15, 0.2) is 23.1 Å². The Bertz CT molecular complexity index is 1130. The molecule has 2 aromatic rings. The number of rotatable bonds is 5. The van der Waals surface area contributed by atoms with Crippen LogP contribution in [-0.2, 0) is 23.7 Å². The Morgan fingerprint density at radius 3 is 2.52 bits per heavy atom. The van der Waals surface area contributed by atoms with E-state index in [1.165, 1.54) is 17.1 Å². The summed E-state index contributed by atoms with van der Waals surface area (Å²) in [4.78, 5) is 2.44. The van der Waals surface area contributed by atoms with Crippen molar-refractivity contribution >= 4 is 22.2 Å². The predicted molar refractivity (Wildman–Crippen MR) is 116 cm³/mol. The van der Waals surface area contributed by atoms with Crippen LogP contribution >= 0.6 is 12.2 Å². The lowest BCUT2D eigenvalue weighted by Crippen LogP contribution is -2.48. The van der Waals surface area contributed by atoms with Crippen molar-refractivity contribution in [3.63, 3.8) is 0 Å². The van der Waals surface area contributed by atoms with E-state index in [0.29, 0.717) is 68.2 Å². The number of nitrogens with zero attached hydrogens (tertiary/aromatic N) is 5. The minimum Gasteiger partial charge on any atom is -0.490 e. The zero-order chi connectivity index (χ0) is 21.6. The van der Waals surface area contributed by atoms with E-state index in [1.807, 2.05) is 16.3 Å². The number of sulfonamides is 1. The van der Waals surface area contributed by atoms with E-state index in [-0.39, 0.29) is 4.90 Å². The Morgan fingerprint density at radius 1 is 1.10 bits per heavy atom. The number of fused-ring (bicyclic) bond motifs is 1. The topological polar surface area (TPSA) is 81.8 Å². The second-order valence-corrected chi connectivity index (χ2v) is 10.6. The monoisotopic (exact) mass is 465 g/mol. The van der Waals surface area contributed by atoms with Crippen molar-refractivity contribution in [2.75, 3.05) is 39.4 Å². The van der Waals surface area contributed by atoms with Gasteiger partial charge < -0.3 is 14.0 Å². The Hall–Kier alpha value is -1.95. The van der Waals surface area contributed by atoms with Gasteiger partial charge in [-0.1, -0.05) is 0 Å². The second kappa shape index (κ2) is 8.19. The van der Waals surface area contributed by atoms with E-state index >= 15 is 0 Å². The molecule has 0 radical (unpaired) electrons. The highest BCUT2D eigenvalue weighted by atomic mass is 32.2. The molecule has 5 rings (SSSR count). The Labute approximate surface area is 187 Å². The third-order valence-corrected chi connectivity index (χ3v) is 8.42. The molecule has 0 atom stereocenters. The van der Waals surface area contributed by atoms with Gasteiger partial charge in [0.25, 0.3) is 0 Å². The van der Waals surface area contributed by atoms with Crippen molar-refractivity contribution < 1.29 is 17.9 Å². The van der Waals surface area contributed by atoms with Crippen LogP contribution in [0.25, 0.3) is 0 Å². The zero-order valence-corrected chi connectivity index (χ0v) is 19.2. The van der Waals surface area contributed by atoms with Crippen LogP contribution in [0, 0.1) is 4.77 Å². The molecule has 31 heavy (non-hydrogen) atoms. The Balaban J connectivity index is 1.25. The third kappa shape index (κ3) is 4.11. The van der Waals surface area contributed by atoms with E-state index in [1.54, 1.807) is 18.2 Å². The minimum absolute atomic E-state index is 0.242. The molecule has 1 aromatic heterocycles. The smallest absolute Gasteiger partial charge is 0.243 e. The molecule has 11 heteroatoms. The van der Waals surface area contributed by atoms with Crippen molar-refractivity contribution in [1.82, 2.24) is 23.6 Å². The maximum Gasteiger partial charge on any atom is 0.243 e. The molecule has 1 saturated heterocycles. The second-order valence-electron chi connectivity index (χ2n) is 8.30. The molecule has 3 aliphatic rings. The van der Waals surface area contributed by atoms with E-state index < -0.39 is 10.0 Å². The lowest BCUT2D eigenvalue weighted by molar-refractivity contribution is 0.144. The van der Waals surface area contributed by atoms with Crippen molar-refractivity contribution in [1.29, 1.82) is 0 Å². The first kappa shape index (κ1) is 20.9. The number of hydrogen-bond acceptors (Lipinski definition) is 7. The molecule has 168 valence electrons. The SMILES string of the molecule is Cn1c(C2CC2)nn(CN2CCN(S(=O)(=O)c3ccc4c(c3)OCCCO4)CC2)c1=S. The van der Waals surface area contributed by atoms with Crippen molar-refractivity contribution in [3.05, 3.63) is 28.8 Å². The fourth-order valence-corrected chi connectivity index (χ4v) is 5.68. The van der Waals surface area contributed by atoms with Gasteiger partial charge >= 0.3 is 0 Å². The van der Waals surface area contributed by atoms with Gasteiger partial charge in [0.2, 0.25) is 10.0 Å². The molecular formula is C20H27N5O4S2. The van der Waals surface area contributed by atoms with E-state index in [2.05, 4.69) is 4.90 Å². The summed E-state index contributed by atoms with van der Waals surface area (Å²) in [6, 6.07) is 4.86. The molecule has 0 spiro atoms. The van der Waals surface area contributed by atoms with Gasteiger partial charge in [-0.15, -0.1) is 0 Å². The fourth-order valence-electron chi connectivity index (χ4n) is 4.05. The molecule has 1 saturated carbocycles. The Kier molecular flexibility index (Phi) is 5.53. The first-order valence-corrected chi connectivity index (χ1v) is 12.5. The van der Waals surface area contributed by atoms with Gasteiger partial charge in [0.1, 0.15) is 5.82 Å². The van der Waals surface area contributed by atoms with Gasteiger partial charge in [-0.05, 0) is 37.2 Å². The lowest BCUT2D eigenvalue weighted by Gasteiger charge is -2.33. The summed E-state index contributed by atoms with van der Waals surface area (Å²) in [5.74, 6) is 2.68. The highest BCUT2D eigenvalue weighted by Crippen LogP contribution is 2.39. The fraction of sp³-hybridized carbons (Fsp3) is 0.600. The lowest BCUT2D eigenvalue weighted by atomic mass is 10.3. The van der Waals surface area contributed by atoms with Gasteiger partial charge in [0.05, 0.1) is 24.8 Å². The van der Waals surface area contributed by atoms with Gasteiger partial charge in [0, 0.05) is 51.6 Å². The van der Waals surface area contributed by atoms with Gasteiger partial charge in [0.15, 0.2) is 16.3 Å². The summed E-state index contributed by atoms with van der Waals surface area (Å²) in [6.07, 6.45) is 3.13. The highest BCUT2D eigenvalue weighted by Gasteiger charge is 2.31. The van der Waals surface area contributed by atoms with Crippen molar-refractivity contribution in [2.45, 2.75) is 36.7 Å². The van der Waals surface area contributed by atoms with Crippen LogP contribution in [0.3, 0.4) is 0 Å². The zero-order valence-electron chi connectivity index (χ0n) is 17.6. The number of aromatic nitrogens is 3. The van der Waals surface area contributed by atoms with Crippen LogP contribution in [0.5, 0.6) is 11.5 Å². The molecule has 1 aliphatic carbocycles. The predicted octanol–water partition coefficient (Wildman–Crippen LogP) is 1.95. The molecule has 9 nitrogen and oxygen atoms in total. The molecule has 2 fully saturated rings. The standard InChI is InChI=1S/C20H27N5O4S2/c1-22-19(15-3-4-15)21-25(20(22)30)14-23-7-9-24(10-8-23)31(26,27)16-5-6-17-18(13-16)29-12-2-11-28-17/h5-6,13,15H,2-4,7-12,14H2,1H3. The molecule has 0 amide bonds. The average Bonchev–Trinajstić information content (AvgIpc) is 3.59. The molecule has 3 heterocycles. The van der Waals surface area contributed by atoms with Crippen molar-refractivity contribution in [3.8, 4) is 11.5 Å². The minimum atomic E-state index is -3.59. The summed E-state index contributed by atoms with van der Waals surface area (Å²) in [6.45, 7) is 3.77. The van der Waals surface area contributed by atoms with Crippen molar-refractivity contribution in [2.24, 2.45) is 7.05 Å². The molecular weight excluding hydrogens is 438 g/mol. The Morgan fingerprint density at radius 2 is 1.81 bits per heavy atom. The summed E-state index contributed by atoms with van der Waals surface area (Å²) >= 11 is 5.54. The normalized spacial score (nSPS) is 20.5. The molecule has 0 bridgehead atoms. The van der Waals surface area contributed by atoms with Gasteiger partial charge in [-0.2, -0.15) is 9.40 Å². The first-order valence-electron chi connectivity index (χ1n) is 10.7. The average molecular weight is 466 g/mol. The van der Waals surface area contributed by atoms with Crippen LogP contribution in [0.2, 0.25) is 0 Å². The molecule has 2 aliphatic heterocycles. The molecule has 1 aromatic carbocycles. The molecule has 0 N–H and O–H groups in total. The van der Waals surface area contributed by atoms with Crippen LogP contribution < -0.4 is 9.47 Å². The summed E-state index contributed by atoms with van der Waals surface area (Å²) in [5, 5.41) is 4.71. The molecule has 0 unspecified atom stereocenters. The largest absolute Gasteiger partial charge is 0.490 e. The van der Waals surface area contributed by atoms with Gasteiger partial charge in [-0.25, -0.2) is 13.1 Å². The van der Waals surface area contributed by atoms with E-state index in [9.17, 15) is 8.42 Å². The maximum absolute atomic E-state index is 13.2. The quantitative estimate of drug-likeness (QED) is 0.625. The van der Waals surface area contributed by atoms with Crippen LogP contribution in [0.4, 0.5) is 0 Å². The van der Waals surface area contributed by atoms with Gasteiger partial charge in [-0.3, -0.25) is 4.90 Å².